The Balaban J connectivity index is 2.97. The summed E-state index contributed by atoms with van der Waals surface area (Å²) in [5.41, 5.74) is -0.133. The van der Waals surface area contributed by atoms with E-state index in [4.69, 9.17) is 9.88 Å². The summed E-state index contributed by atoms with van der Waals surface area (Å²) in [6.07, 6.45) is 0. The molecule has 0 aromatic heterocycles. The lowest BCUT2D eigenvalue weighted by molar-refractivity contribution is 0.0922. The molecule has 1 aromatic rings. The van der Waals surface area contributed by atoms with Crippen molar-refractivity contribution in [1.82, 2.24) is 5.32 Å². The van der Waals surface area contributed by atoms with E-state index < -0.39 is 26.6 Å². The molecule has 0 spiro atoms. The molecule has 1 amide bonds. The molecule has 0 aliphatic heterocycles. The summed E-state index contributed by atoms with van der Waals surface area (Å²) in [5, 5.41) is 7.44. The van der Waals surface area contributed by atoms with Crippen molar-refractivity contribution >= 4 is 31.9 Å². The summed E-state index contributed by atoms with van der Waals surface area (Å²) in [6.45, 7) is 2.86. The van der Waals surface area contributed by atoms with Gasteiger partial charge in [0.15, 0.2) is 0 Å². The molecule has 20 heavy (non-hydrogen) atoms. The zero-order valence-electron chi connectivity index (χ0n) is 10.7. The van der Waals surface area contributed by atoms with Crippen molar-refractivity contribution in [3.8, 4) is 0 Å². The summed E-state index contributed by atoms with van der Waals surface area (Å²) >= 11 is 2.79. The molecule has 9 heteroatoms. The van der Waals surface area contributed by atoms with Crippen LogP contribution in [0.3, 0.4) is 0 Å². The Morgan fingerprint density at radius 3 is 2.70 bits per heavy atom. The average molecular weight is 369 g/mol. The highest BCUT2D eigenvalue weighted by Crippen LogP contribution is 2.25. The molecule has 1 aromatic carbocycles. The molecular formula is C11H14BrFN2O4S. The van der Waals surface area contributed by atoms with Crippen LogP contribution >= 0.6 is 15.9 Å². The lowest BCUT2D eigenvalue weighted by Crippen LogP contribution is -2.27. The topological polar surface area (TPSA) is 98.5 Å². The van der Waals surface area contributed by atoms with Crippen molar-refractivity contribution in [3.63, 3.8) is 0 Å². The van der Waals surface area contributed by atoms with E-state index in [1.165, 1.54) is 0 Å². The van der Waals surface area contributed by atoms with Crippen LogP contribution in [0.25, 0.3) is 0 Å². The summed E-state index contributed by atoms with van der Waals surface area (Å²) < 4.78 is 40.9. The monoisotopic (exact) mass is 368 g/mol. The maximum Gasteiger partial charge on any atom is 0.251 e. The first-order chi connectivity index (χ1) is 9.27. The highest BCUT2D eigenvalue weighted by molar-refractivity contribution is 9.10. The Morgan fingerprint density at radius 2 is 2.15 bits per heavy atom. The van der Waals surface area contributed by atoms with Crippen LogP contribution in [0.1, 0.15) is 17.3 Å². The number of rotatable bonds is 6. The van der Waals surface area contributed by atoms with Crippen LogP contribution in [-0.4, -0.2) is 34.1 Å². The highest BCUT2D eigenvalue weighted by atomic mass is 79.9. The summed E-state index contributed by atoms with van der Waals surface area (Å²) in [6, 6.07) is 1.94. The molecule has 0 heterocycles. The van der Waals surface area contributed by atoms with E-state index in [1.54, 1.807) is 0 Å². The number of hydrogen-bond acceptors (Lipinski definition) is 4. The van der Waals surface area contributed by atoms with Gasteiger partial charge in [0.05, 0.1) is 16.0 Å². The smallest absolute Gasteiger partial charge is 0.251 e. The van der Waals surface area contributed by atoms with Gasteiger partial charge in [-0.15, -0.1) is 0 Å². The molecule has 0 atom stereocenters. The molecule has 1 rings (SSSR count). The number of hydrogen-bond donors (Lipinski definition) is 2. The number of sulfonamides is 1. The molecule has 0 saturated carbocycles. The third-order valence-electron chi connectivity index (χ3n) is 2.30. The van der Waals surface area contributed by atoms with E-state index >= 15 is 0 Å². The second kappa shape index (κ2) is 7.11. The number of primary sulfonamides is 1. The molecule has 0 aliphatic rings. The Kier molecular flexibility index (Phi) is 6.06. The van der Waals surface area contributed by atoms with E-state index in [1.807, 2.05) is 6.92 Å². The Hall–Kier alpha value is -1.03. The van der Waals surface area contributed by atoms with Gasteiger partial charge in [0.2, 0.25) is 10.0 Å². The lowest BCUT2D eigenvalue weighted by Gasteiger charge is -2.08. The second-order valence-corrected chi connectivity index (χ2v) is 6.09. The molecule has 0 radical (unpaired) electrons. The van der Waals surface area contributed by atoms with Crippen LogP contribution in [0.5, 0.6) is 0 Å². The van der Waals surface area contributed by atoms with Crippen LogP contribution in [0, 0.1) is 5.82 Å². The minimum Gasteiger partial charge on any atom is -0.380 e. The third-order valence-corrected chi connectivity index (χ3v) is 4.30. The largest absolute Gasteiger partial charge is 0.380 e. The number of amides is 1. The quantitative estimate of drug-likeness (QED) is 0.731. The van der Waals surface area contributed by atoms with Crippen LogP contribution in [-0.2, 0) is 14.8 Å². The number of nitrogens with two attached hydrogens (primary N) is 1. The Morgan fingerprint density at radius 1 is 1.50 bits per heavy atom. The van der Waals surface area contributed by atoms with E-state index in [2.05, 4.69) is 21.2 Å². The fraction of sp³-hybridized carbons (Fsp3) is 0.364. The maximum absolute atomic E-state index is 13.6. The van der Waals surface area contributed by atoms with Crippen molar-refractivity contribution in [2.24, 2.45) is 5.14 Å². The normalized spacial score (nSPS) is 11.4. The molecule has 0 fully saturated rings. The third kappa shape index (κ3) is 4.51. The van der Waals surface area contributed by atoms with E-state index in [0.717, 1.165) is 12.1 Å². The molecule has 0 saturated heterocycles. The first-order valence-corrected chi connectivity index (χ1v) is 7.99. The van der Waals surface area contributed by atoms with Crippen LogP contribution in [0.2, 0.25) is 0 Å². The van der Waals surface area contributed by atoms with Crippen molar-refractivity contribution < 1.29 is 22.3 Å². The summed E-state index contributed by atoms with van der Waals surface area (Å²) in [7, 11) is -4.13. The molecule has 0 bridgehead atoms. The number of carbonyl (C=O) groups excluding carboxylic acids is 1. The fourth-order valence-corrected chi connectivity index (χ4v) is 2.93. The standard InChI is InChI=1S/C11H14BrFN2O4S/c1-2-19-4-3-15-11(16)7-5-8(13)10(12)9(6-7)20(14,17)18/h5-6H,2-4H2,1H3,(H,15,16)(H2,14,17,18). The van der Waals surface area contributed by atoms with E-state index in [9.17, 15) is 17.6 Å². The van der Waals surface area contributed by atoms with Crippen molar-refractivity contribution in [2.45, 2.75) is 11.8 Å². The van der Waals surface area contributed by atoms with Crippen molar-refractivity contribution in [3.05, 3.63) is 28.0 Å². The number of benzene rings is 1. The van der Waals surface area contributed by atoms with Gasteiger partial charge in [0.1, 0.15) is 5.82 Å². The molecule has 6 nitrogen and oxygen atoms in total. The molecule has 112 valence electrons. The SMILES string of the molecule is CCOCCNC(=O)c1cc(F)c(Br)c(S(N)(=O)=O)c1. The number of carbonyl (C=O) groups is 1. The average Bonchev–Trinajstić information content (AvgIpc) is 2.36. The van der Waals surface area contributed by atoms with Gasteiger partial charge in [-0.2, -0.15) is 0 Å². The van der Waals surface area contributed by atoms with Gasteiger partial charge in [-0.3, -0.25) is 4.79 Å². The van der Waals surface area contributed by atoms with Gasteiger partial charge in [0, 0.05) is 18.7 Å². The summed E-state index contributed by atoms with van der Waals surface area (Å²) in [4.78, 5) is 11.3. The first-order valence-electron chi connectivity index (χ1n) is 5.65. The Labute approximate surface area is 124 Å². The molecule has 3 N–H and O–H groups in total. The van der Waals surface area contributed by atoms with Crippen LogP contribution in [0.4, 0.5) is 4.39 Å². The second-order valence-electron chi connectivity index (χ2n) is 3.77. The van der Waals surface area contributed by atoms with Gasteiger partial charge < -0.3 is 10.1 Å². The van der Waals surface area contributed by atoms with Gasteiger partial charge in [-0.1, -0.05) is 0 Å². The van der Waals surface area contributed by atoms with E-state index in [-0.39, 0.29) is 16.6 Å². The predicted octanol–water partition coefficient (Wildman–Crippen LogP) is 1.00. The highest BCUT2D eigenvalue weighted by Gasteiger charge is 2.20. The zero-order chi connectivity index (χ0) is 15.3. The minimum atomic E-state index is -4.13. The number of nitrogens with one attached hydrogen (secondary N) is 1. The van der Waals surface area contributed by atoms with Crippen molar-refractivity contribution in [2.75, 3.05) is 19.8 Å². The van der Waals surface area contributed by atoms with E-state index in [0.29, 0.717) is 13.2 Å². The van der Waals surface area contributed by atoms with Crippen LogP contribution in [0.15, 0.2) is 21.5 Å². The number of ether oxygens (including phenoxy) is 1. The lowest BCUT2D eigenvalue weighted by atomic mass is 10.2. The van der Waals surface area contributed by atoms with Gasteiger partial charge in [-0.05, 0) is 35.0 Å². The Bertz CT molecular complexity index is 607. The zero-order valence-corrected chi connectivity index (χ0v) is 13.1. The number of halogens is 2. The maximum atomic E-state index is 13.6. The van der Waals surface area contributed by atoms with Crippen molar-refractivity contribution in [1.29, 1.82) is 0 Å². The predicted molar refractivity (Wildman–Crippen MR) is 74.3 cm³/mol. The fourth-order valence-electron chi connectivity index (χ4n) is 1.39. The van der Waals surface area contributed by atoms with Gasteiger partial charge in [0.25, 0.3) is 5.91 Å². The molecule has 0 unspecified atom stereocenters. The minimum absolute atomic E-state index is 0.133. The van der Waals surface area contributed by atoms with Crippen LogP contribution < -0.4 is 10.5 Å². The molecular weight excluding hydrogens is 355 g/mol. The van der Waals surface area contributed by atoms with Gasteiger partial charge >= 0.3 is 0 Å². The van der Waals surface area contributed by atoms with Gasteiger partial charge in [-0.25, -0.2) is 17.9 Å². The molecule has 0 aliphatic carbocycles. The summed E-state index contributed by atoms with van der Waals surface area (Å²) in [5.74, 6) is -1.49. The first kappa shape index (κ1) is 17.0.